The van der Waals surface area contributed by atoms with E-state index in [0.717, 1.165) is 6.42 Å². The van der Waals surface area contributed by atoms with Crippen LogP contribution in [0.25, 0.3) is 0 Å². The number of rotatable bonds is 4. The summed E-state index contributed by atoms with van der Waals surface area (Å²) in [6.07, 6.45) is 1.43. The zero-order valence-electron chi connectivity index (χ0n) is 8.45. The van der Waals surface area contributed by atoms with E-state index in [-0.39, 0.29) is 24.4 Å². The van der Waals surface area contributed by atoms with Crippen LogP contribution < -0.4 is 11.1 Å². The smallest absolute Gasteiger partial charge is 0.239 e. The molecule has 0 radical (unpaired) electrons. The van der Waals surface area contributed by atoms with E-state index >= 15 is 0 Å². The van der Waals surface area contributed by atoms with E-state index in [4.69, 9.17) is 5.73 Å². The average molecular weight is 199 g/mol. The first-order valence-electron chi connectivity index (χ1n) is 4.90. The van der Waals surface area contributed by atoms with Crippen LogP contribution in [0.2, 0.25) is 0 Å². The standard InChI is InChI=1S/C9H17N3O2/c1-7(5-10)11-8(13)6-12-4-2-3-9(12)14/h7H,2-6,10H2,1H3,(H,11,13). The number of amides is 2. The molecule has 1 unspecified atom stereocenters. The number of carbonyl (C=O) groups excluding carboxylic acids is 2. The highest BCUT2D eigenvalue weighted by Gasteiger charge is 2.22. The van der Waals surface area contributed by atoms with Gasteiger partial charge in [0.25, 0.3) is 0 Å². The molecule has 1 aliphatic rings. The lowest BCUT2D eigenvalue weighted by Crippen LogP contribution is -2.44. The van der Waals surface area contributed by atoms with Gasteiger partial charge in [-0.05, 0) is 13.3 Å². The minimum Gasteiger partial charge on any atom is -0.351 e. The van der Waals surface area contributed by atoms with Crippen LogP contribution in [0.15, 0.2) is 0 Å². The highest BCUT2D eigenvalue weighted by atomic mass is 16.2. The zero-order chi connectivity index (χ0) is 10.6. The van der Waals surface area contributed by atoms with Gasteiger partial charge in [-0.25, -0.2) is 0 Å². The molecule has 0 aliphatic carbocycles. The first-order chi connectivity index (χ1) is 6.63. The summed E-state index contributed by atoms with van der Waals surface area (Å²) in [4.78, 5) is 24.1. The molecular formula is C9H17N3O2. The minimum atomic E-state index is -0.127. The van der Waals surface area contributed by atoms with Crippen LogP contribution >= 0.6 is 0 Å². The van der Waals surface area contributed by atoms with Crippen LogP contribution in [-0.2, 0) is 9.59 Å². The highest BCUT2D eigenvalue weighted by Crippen LogP contribution is 2.08. The van der Waals surface area contributed by atoms with E-state index in [1.54, 1.807) is 4.90 Å². The summed E-state index contributed by atoms with van der Waals surface area (Å²) in [5.74, 6) is -0.0567. The van der Waals surface area contributed by atoms with Gasteiger partial charge in [0.05, 0.1) is 6.54 Å². The molecule has 14 heavy (non-hydrogen) atoms. The van der Waals surface area contributed by atoms with E-state index in [2.05, 4.69) is 5.32 Å². The molecule has 80 valence electrons. The van der Waals surface area contributed by atoms with Crippen LogP contribution in [0.1, 0.15) is 19.8 Å². The van der Waals surface area contributed by atoms with Crippen molar-refractivity contribution in [3.63, 3.8) is 0 Å². The number of nitrogens with one attached hydrogen (secondary N) is 1. The minimum absolute atomic E-state index is 0.0276. The van der Waals surface area contributed by atoms with Crippen LogP contribution in [0.4, 0.5) is 0 Å². The van der Waals surface area contributed by atoms with Crippen molar-refractivity contribution in [3.8, 4) is 0 Å². The molecule has 0 saturated carbocycles. The van der Waals surface area contributed by atoms with Crippen LogP contribution in [0, 0.1) is 0 Å². The Morgan fingerprint density at radius 1 is 1.71 bits per heavy atom. The van der Waals surface area contributed by atoms with E-state index in [0.29, 0.717) is 19.5 Å². The van der Waals surface area contributed by atoms with Gasteiger partial charge in [-0.2, -0.15) is 0 Å². The Bertz CT molecular complexity index is 230. The van der Waals surface area contributed by atoms with Gasteiger partial charge in [-0.15, -0.1) is 0 Å². The Labute approximate surface area is 83.6 Å². The van der Waals surface area contributed by atoms with Gasteiger partial charge >= 0.3 is 0 Å². The fourth-order valence-corrected chi connectivity index (χ4v) is 1.42. The summed E-state index contributed by atoms with van der Waals surface area (Å²) in [5, 5.41) is 2.72. The molecule has 2 amide bonds. The van der Waals surface area contributed by atoms with Crippen molar-refractivity contribution in [2.24, 2.45) is 5.73 Å². The SMILES string of the molecule is CC(CN)NC(=O)CN1CCCC1=O. The van der Waals surface area contributed by atoms with Crippen molar-refractivity contribution in [2.75, 3.05) is 19.6 Å². The molecule has 1 rings (SSSR count). The molecule has 1 saturated heterocycles. The summed E-state index contributed by atoms with van der Waals surface area (Å²) >= 11 is 0. The first kappa shape index (κ1) is 11.0. The highest BCUT2D eigenvalue weighted by molar-refractivity contribution is 5.85. The number of nitrogens with zero attached hydrogens (tertiary/aromatic N) is 1. The third-order valence-electron chi connectivity index (χ3n) is 2.27. The van der Waals surface area contributed by atoms with Crippen molar-refractivity contribution in [2.45, 2.75) is 25.8 Å². The maximum Gasteiger partial charge on any atom is 0.239 e. The number of likely N-dealkylation sites (tertiary alicyclic amines) is 1. The second kappa shape index (κ2) is 4.95. The van der Waals surface area contributed by atoms with E-state index < -0.39 is 0 Å². The Kier molecular flexibility index (Phi) is 3.88. The molecule has 1 aliphatic heterocycles. The van der Waals surface area contributed by atoms with Gasteiger partial charge in [0.2, 0.25) is 11.8 Å². The number of hydrogen-bond acceptors (Lipinski definition) is 3. The average Bonchev–Trinajstić information content (AvgIpc) is 2.51. The molecule has 0 aromatic heterocycles. The predicted octanol–water partition coefficient (Wildman–Crippen LogP) is -0.928. The Hall–Kier alpha value is -1.10. The van der Waals surface area contributed by atoms with Gasteiger partial charge in [0, 0.05) is 25.6 Å². The van der Waals surface area contributed by atoms with Crippen LogP contribution in [-0.4, -0.2) is 42.4 Å². The molecule has 5 heteroatoms. The van der Waals surface area contributed by atoms with Crippen molar-refractivity contribution >= 4 is 11.8 Å². The Morgan fingerprint density at radius 2 is 2.43 bits per heavy atom. The lowest BCUT2D eigenvalue weighted by atomic mass is 10.3. The summed E-state index contributed by atoms with van der Waals surface area (Å²) < 4.78 is 0. The quantitative estimate of drug-likeness (QED) is 0.614. The van der Waals surface area contributed by atoms with Gasteiger partial charge in [0.15, 0.2) is 0 Å². The molecular weight excluding hydrogens is 182 g/mol. The topological polar surface area (TPSA) is 75.4 Å². The molecule has 1 heterocycles. The molecule has 1 fully saturated rings. The summed E-state index contributed by atoms with van der Waals surface area (Å²) in [5.41, 5.74) is 5.36. The lowest BCUT2D eigenvalue weighted by molar-refractivity contribution is -0.133. The molecule has 5 nitrogen and oxygen atoms in total. The van der Waals surface area contributed by atoms with Crippen molar-refractivity contribution < 1.29 is 9.59 Å². The molecule has 3 N–H and O–H groups in total. The van der Waals surface area contributed by atoms with E-state index in [1.165, 1.54) is 0 Å². The Morgan fingerprint density at radius 3 is 2.93 bits per heavy atom. The number of carbonyl (C=O) groups is 2. The maximum atomic E-state index is 11.4. The van der Waals surface area contributed by atoms with Gasteiger partial charge in [-0.3, -0.25) is 9.59 Å². The molecule has 1 atom stereocenters. The van der Waals surface area contributed by atoms with Gasteiger partial charge in [0.1, 0.15) is 0 Å². The molecule has 0 aromatic carbocycles. The van der Waals surface area contributed by atoms with Crippen LogP contribution in [0.5, 0.6) is 0 Å². The predicted molar refractivity (Wildman–Crippen MR) is 52.5 cm³/mol. The second-order valence-electron chi connectivity index (χ2n) is 3.62. The largest absolute Gasteiger partial charge is 0.351 e. The summed E-state index contributed by atoms with van der Waals surface area (Å²) in [7, 11) is 0. The third kappa shape index (κ3) is 2.99. The second-order valence-corrected chi connectivity index (χ2v) is 3.62. The molecule has 0 aromatic rings. The zero-order valence-corrected chi connectivity index (χ0v) is 8.45. The number of hydrogen-bond donors (Lipinski definition) is 2. The van der Waals surface area contributed by atoms with Gasteiger partial charge < -0.3 is 16.0 Å². The summed E-state index contributed by atoms with van der Waals surface area (Å²) in [6, 6.07) is -0.0276. The van der Waals surface area contributed by atoms with Crippen molar-refractivity contribution in [1.82, 2.24) is 10.2 Å². The number of nitrogens with two attached hydrogens (primary N) is 1. The van der Waals surface area contributed by atoms with Crippen molar-refractivity contribution in [1.29, 1.82) is 0 Å². The van der Waals surface area contributed by atoms with Gasteiger partial charge in [-0.1, -0.05) is 0 Å². The van der Waals surface area contributed by atoms with E-state index in [1.807, 2.05) is 6.92 Å². The Balaban J connectivity index is 2.29. The van der Waals surface area contributed by atoms with Crippen molar-refractivity contribution in [3.05, 3.63) is 0 Å². The lowest BCUT2D eigenvalue weighted by Gasteiger charge is -2.17. The fraction of sp³-hybridized carbons (Fsp3) is 0.778. The normalized spacial score (nSPS) is 18.4. The van der Waals surface area contributed by atoms with E-state index in [9.17, 15) is 9.59 Å². The summed E-state index contributed by atoms with van der Waals surface area (Å²) in [6.45, 7) is 3.12. The third-order valence-corrected chi connectivity index (χ3v) is 2.27. The first-order valence-corrected chi connectivity index (χ1v) is 4.90. The maximum absolute atomic E-state index is 11.4. The molecule has 0 spiro atoms. The van der Waals surface area contributed by atoms with Crippen LogP contribution in [0.3, 0.4) is 0 Å². The monoisotopic (exact) mass is 199 g/mol. The fourth-order valence-electron chi connectivity index (χ4n) is 1.42. The molecule has 0 bridgehead atoms.